The second-order valence-electron chi connectivity index (χ2n) is 14.8. The van der Waals surface area contributed by atoms with Crippen LogP contribution in [0.5, 0.6) is 23.5 Å². The van der Waals surface area contributed by atoms with Crippen molar-refractivity contribution < 1.29 is 57.8 Å². The highest BCUT2D eigenvalue weighted by Gasteiger charge is 2.43. The average Bonchev–Trinajstić information content (AvgIpc) is 3.80. The molecule has 2 aliphatic rings. The maximum Gasteiger partial charge on any atom is 0.433 e. The van der Waals surface area contributed by atoms with Crippen molar-refractivity contribution in [2.24, 2.45) is 17.8 Å². The molecule has 0 amide bonds. The molecule has 2 fully saturated rings. The van der Waals surface area contributed by atoms with Crippen LogP contribution < -0.4 is 14.4 Å². The van der Waals surface area contributed by atoms with Crippen molar-refractivity contribution in [1.82, 2.24) is 34.5 Å². The minimum Gasteiger partial charge on any atom is -0.424 e. The van der Waals surface area contributed by atoms with Crippen LogP contribution in [0.4, 0.5) is 54.0 Å². The van der Waals surface area contributed by atoms with Gasteiger partial charge in [-0.25, -0.2) is 18.1 Å². The Morgan fingerprint density at radius 3 is 1.67 bits per heavy atom. The number of fused-ring (bicyclic) bond motifs is 2. The number of ether oxygens (including phenoxy) is 2. The summed E-state index contributed by atoms with van der Waals surface area (Å²) in [5.41, 5.74) is -3.26. The predicted octanol–water partition coefficient (Wildman–Crippen LogP) is 11.5. The van der Waals surface area contributed by atoms with Crippen molar-refractivity contribution in [1.29, 1.82) is 0 Å². The molecule has 2 aromatic carbocycles. The molecule has 2 bridgehead atoms. The van der Waals surface area contributed by atoms with Gasteiger partial charge in [0.25, 0.3) is 0 Å². The summed E-state index contributed by atoms with van der Waals surface area (Å²) in [6.07, 6.45) is -10.7. The predicted molar refractivity (Wildman–Crippen MR) is 196 cm³/mol. The summed E-state index contributed by atoms with van der Waals surface area (Å²) in [7, 11) is 0. The van der Waals surface area contributed by atoms with Crippen LogP contribution in [0.15, 0.2) is 59.5 Å². The zero-order valence-electron chi connectivity index (χ0n) is 32.0. The third kappa shape index (κ3) is 10.3. The van der Waals surface area contributed by atoms with Crippen LogP contribution in [0.3, 0.4) is 0 Å². The fourth-order valence-electron chi connectivity index (χ4n) is 7.18. The molecule has 1 saturated carbocycles. The van der Waals surface area contributed by atoms with Crippen LogP contribution in [0.25, 0.3) is 0 Å². The summed E-state index contributed by atoms with van der Waals surface area (Å²) >= 11 is 3.06. The highest BCUT2D eigenvalue weighted by molar-refractivity contribution is 9.10. The van der Waals surface area contributed by atoms with Gasteiger partial charge in [-0.2, -0.15) is 54.6 Å². The largest absolute Gasteiger partial charge is 0.433 e. The molecule has 324 valence electrons. The summed E-state index contributed by atoms with van der Waals surface area (Å²) in [5, 5.41) is 8.53. The zero-order valence-corrected chi connectivity index (χ0v) is 33.6. The van der Waals surface area contributed by atoms with Crippen molar-refractivity contribution in [2.75, 3.05) is 18.0 Å². The van der Waals surface area contributed by atoms with Crippen LogP contribution >= 0.6 is 15.9 Å². The lowest BCUT2D eigenvalue weighted by Crippen LogP contribution is -2.43. The number of aromatic nitrogens is 7. The quantitative estimate of drug-likeness (QED) is 0.135. The molecule has 5 aromatic rings. The molecular formula is C38H36BrF11N8O2. The Morgan fingerprint density at radius 2 is 1.18 bits per heavy atom. The van der Waals surface area contributed by atoms with Crippen molar-refractivity contribution in [2.45, 2.75) is 77.6 Å². The Morgan fingerprint density at radius 1 is 0.683 bits per heavy atom. The fraction of sp³-hybridized carbons (Fsp3) is 0.447. The van der Waals surface area contributed by atoms with E-state index in [1.165, 1.54) is 15.6 Å². The van der Waals surface area contributed by atoms with Crippen molar-refractivity contribution >= 4 is 21.6 Å². The smallest absolute Gasteiger partial charge is 0.424 e. The van der Waals surface area contributed by atoms with E-state index in [2.05, 4.69) is 41.1 Å². The Balaban J connectivity index is 0.000000243. The zero-order chi connectivity index (χ0) is 43.9. The number of pyridine rings is 1. The van der Waals surface area contributed by atoms with Gasteiger partial charge >= 0.3 is 30.5 Å². The Hall–Kier alpha value is -5.02. The van der Waals surface area contributed by atoms with E-state index in [1.54, 1.807) is 19.9 Å². The first-order valence-electron chi connectivity index (χ1n) is 18.4. The first kappa shape index (κ1) is 44.5. The SMILES string of the molecule is CC(C)n1nc(Br)nc1Oc1ccc(F)c(C(F)(F)F)c1.CC(C)n1nc(CC2[C@@H]3CC[C@H]2CN(c2ccnc(C(F)(F)F)c2)C3)nc1Oc1ccc(F)c(C(F)(F)F)c1. The third-order valence-electron chi connectivity index (χ3n) is 9.95. The molecule has 3 atom stereocenters. The second-order valence-corrected chi connectivity index (χ2v) is 15.5. The summed E-state index contributed by atoms with van der Waals surface area (Å²) in [5.74, 6) is -2.05. The molecule has 7 rings (SSSR count). The van der Waals surface area contributed by atoms with Crippen molar-refractivity contribution in [3.8, 4) is 23.5 Å². The van der Waals surface area contributed by atoms with E-state index in [9.17, 15) is 48.3 Å². The van der Waals surface area contributed by atoms with Crippen LogP contribution in [0, 0.1) is 29.4 Å². The third-order valence-corrected chi connectivity index (χ3v) is 10.3. The molecule has 4 heterocycles. The normalized spacial score (nSPS) is 18.2. The Bertz CT molecular complexity index is 2280. The van der Waals surface area contributed by atoms with Gasteiger partial charge in [0.05, 0.1) is 23.2 Å². The van der Waals surface area contributed by atoms with Gasteiger partial charge in [0.2, 0.25) is 4.73 Å². The summed E-state index contributed by atoms with van der Waals surface area (Å²) in [6, 6.07) is 7.12. The number of anilines is 1. The topological polar surface area (TPSA) is 96.0 Å². The van der Waals surface area contributed by atoms with Gasteiger partial charge in [0.1, 0.15) is 28.8 Å². The van der Waals surface area contributed by atoms with E-state index in [0.717, 1.165) is 31.0 Å². The van der Waals surface area contributed by atoms with E-state index in [-0.39, 0.29) is 58.1 Å². The van der Waals surface area contributed by atoms with E-state index >= 15 is 0 Å². The minimum absolute atomic E-state index is 0.000909. The first-order valence-corrected chi connectivity index (χ1v) is 19.2. The monoisotopic (exact) mass is 924 g/mol. The first-order chi connectivity index (χ1) is 28.0. The molecule has 1 unspecified atom stereocenters. The molecule has 3 aromatic heterocycles. The highest BCUT2D eigenvalue weighted by Crippen LogP contribution is 2.45. The van der Waals surface area contributed by atoms with Crippen LogP contribution in [0.1, 0.15) is 75.3 Å². The number of piperidine rings is 1. The lowest BCUT2D eigenvalue weighted by atomic mass is 9.82. The van der Waals surface area contributed by atoms with Gasteiger partial charge in [0, 0.05) is 31.4 Å². The molecule has 1 saturated heterocycles. The van der Waals surface area contributed by atoms with Gasteiger partial charge in [0.15, 0.2) is 5.82 Å². The van der Waals surface area contributed by atoms with Gasteiger partial charge in [-0.15, -0.1) is 5.10 Å². The molecule has 10 nitrogen and oxygen atoms in total. The lowest BCUT2D eigenvalue weighted by molar-refractivity contribution is -0.141. The second kappa shape index (κ2) is 17.2. The van der Waals surface area contributed by atoms with E-state index in [1.807, 2.05) is 18.7 Å². The molecule has 60 heavy (non-hydrogen) atoms. The fourth-order valence-corrected chi connectivity index (χ4v) is 7.50. The number of hydrogen-bond donors (Lipinski definition) is 0. The van der Waals surface area contributed by atoms with Gasteiger partial charge in [-0.1, -0.05) is 0 Å². The van der Waals surface area contributed by atoms with E-state index < -0.39 is 47.0 Å². The highest BCUT2D eigenvalue weighted by atomic mass is 79.9. The van der Waals surface area contributed by atoms with Gasteiger partial charge in [-0.05, 0) is 123 Å². The number of halogens is 12. The maximum atomic E-state index is 13.7. The minimum atomic E-state index is -4.88. The molecule has 22 heteroatoms. The molecule has 0 radical (unpaired) electrons. The molecule has 1 aliphatic carbocycles. The Kier molecular flexibility index (Phi) is 12.7. The number of benzene rings is 2. The van der Waals surface area contributed by atoms with Crippen molar-refractivity contribution in [3.63, 3.8) is 0 Å². The van der Waals surface area contributed by atoms with Crippen LogP contribution in [0.2, 0.25) is 0 Å². The van der Waals surface area contributed by atoms with Crippen molar-refractivity contribution in [3.05, 3.63) is 93.7 Å². The van der Waals surface area contributed by atoms with E-state index in [0.29, 0.717) is 55.3 Å². The molecular weight excluding hydrogens is 889 g/mol. The molecule has 1 aliphatic heterocycles. The average molecular weight is 926 g/mol. The summed E-state index contributed by atoms with van der Waals surface area (Å²) < 4.78 is 158. The number of hydrogen-bond acceptors (Lipinski definition) is 8. The Labute approximate surface area is 343 Å². The van der Waals surface area contributed by atoms with Crippen LogP contribution in [-0.2, 0) is 24.9 Å². The summed E-state index contributed by atoms with van der Waals surface area (Å²) in [6.45, 7) is 8.44. The number of alkyl halides is 9. The lowest BCUT2D eigenvalue weighted by Gasteiger charge is -2.39. The molecule has 0 spiro atoms. The number of rotatable bonds is 9. The number of nitrogens with zero attached hydrogens (tertiary/aromatic N) is 8. The standard InChI is InChI=1S/C26H26F7N5O.C12H10BrF4N3O/c1-14(2)38-24(39-18-5-6-21(27)20(10-18)25(28,29)30)35-23(36-38)11-19-15-3-4-16(19)13-37(12-15)17-7-8-34-22(9-17)26(31,32)33;1-6(2)20-11(18-10(13)19-20)21-7-3-4-9(14)8(5-7)12(15,16)17/h5-10,14-16,19H,3-4,11-13H2,1-2H3;3-6H,1-2H3/t15-,16+,19?;. The van der Waals surface area contributed by atoms with Crippen LogP contribution in [-0.4, -0.2) is 47.6 Å². The van der Waals surface area contributed by atoms with E-state index in [4.69, 9.17) is 9.47 Å². The molecule has 0 N–H and O–H groups in total. The van der Waals surface area contributed by atoms with Gasteiger partial charge < -0.3 is 14.4 Å². The maximum absolute atomic E-state index is 13.7. The summed E-state index contributed by atoms with van der Waals surface area (Å²) in [4.78, 5) is 13.8. The van der Waals surface area contributed by atoms with Gasteiger partial charge in [-0.3, -0.25) is 4.98 Å².